The van der Waals surface area contributed by atoms with Crippen molar-refractivity contribution in [2.24, 2.45) is 0 Å². The molecule has 0 unspecified atom stereocenters. The van der Waals surface area contributed by atoms with Gasteiger partial charge in [-0.1, -0.05) is 17.7 Å². The van der Waals surface area contributed by atoms with E-state index in [1.807, 2.05) is 6.92 Å². The van der Waals surface area contributed by atoms with E-state index < -0.39 is 33.9 Å². The van der Waals surface area contributed by atoms with Gasteiger partial charge in [0.25, 0.3) is 10.0 Å². The molecule has 3 heterocycles. The van der Waals surface area contributed by atoms with Crippen molar-refractivity contribution in [3.63, 3.8) is 0 Å². The van der Waals surface area contributed by atoms with E-state index in [4.69, 9.17) is 9.84 Å². The van der Waals surface area contributed by atoms with Crippen molar-refractivity contribution in [2.45, 2.75) is 49.6 Å². The SMILES string of the molecule is Cc1ccc(S(=O)(=O)n2cc(-c3ncc(F)c(N[C@@H]4CCC[C@H](OC(=O)O)C4)n3)c3cc(F)cnc32)cc1. The number of halogens is 2. The summed E-state index contributed by atoms with van der Waals surface area (Å²) in [6.07, 6.45) is 3.38. The summed E-state index contributed by atoms with van der Waals surface area (Å²) in [5.41, 5.74) is 0.979. The predicted molar refractivity (Wildman–Crippen MR) is 133 cm³/mol. The van der Waals surface area contributed by atoms with Crippen LogP contribution in [-0.2, 0) is 14.8 Å². The summed E-state index contributed by atoms with van der Waals surface area (Å²) in [6.45, 7) is 1.83. The largest absolute Gasteiger partial charge is 0.506 e. The Morgan fingerprint density at radius 2 is 1.92 bits per heavy atom. The summed E-state index contributed by atoms with van der Waals surface area (Å²) < 4.78 is 61.6. The molecule has 1 fully saturated rings. The number of anilines is 1. The molecule has 3 aromatic heterocycles. The summed E-state index contributed by atoms with van der Waals surface area (Å²) in [7, 11) is -4.11. The standard InChI is InChI=1S/C25H23F2N5O5S/c1-14-5-7-18(8-6-14)38(35,36)32-13-20(19-9-15(26)11-29-24(19)32)22-28-12-21(27)23(31-22)30-16-3-2-4-17(10-16)37-25(33)34/h5-9,11-13,16-17H,2-4,10H2,1H3,(H,33,34)(H,28,30,31)/t16-,17+/m1/s1. The third-order valence-electron chi connectivity index (χ3n) is 6.38. The van der Waals surface area contributed by atoms with Gasteiger partial charge >= 0.3 is 6.16 Å². The van der Waals surface area contributed by atoms with E-state index in [1.54, 1.807) is 12.1 Å². The lowest BCUT2D eigenvalue weighted by atomic mass is 9.93. The van der Waals surface area contributed by atoms with Gasteiger partial charge < -0.3 is 15.2 Å². The highest BCUT2D eigenvalue weighted by Crippen LogP contribution is 2.32. The lowest BCUT2D eigenvalue weighted by Crippen LogP contribution is -2.33. The van der Waals surface area contributed by atoms with Crippen molar-refractivity contribution in [3.8, 4) is 11.4 Å². The number of ether oxygens (including phenoxy) is 1. The van der Waals surface area contributed by atoms with Crippen LogP contribution in [0.25, 0.3) is 22.4 Å². The van der Waals surface area contributed by atoms with Gasteiger partial charge in [0, 0.05) is 29.6 Å². The summed E-state index contributed by atoms with van der Waals surface area (Å²) in [5.74, 6) is -1.65. The number of carbonyl (C=O) groups is 1. The molecule has 38 heavy (non-hydrogen) atoms. The monoisotopic (exact) mass is 543 g/mol. The van der Waals surface area contributed by atoms with Gasteiger partial charge in [-0.05, 0) is 44.4 Å². The maximum absolute atomic E-state index is 14.7. The van der Waals surface area contributed by atoms with Crippen LogP contribution in [0.1, 0.15) is 31.2 Å². The average Bonchev–Trinajstić information content (AvgIpc) is 3.25. The molecule has 13 heteroatoms. The zero-order chi connectivity index (χ0) is 27.0. The second-order valence-electron chi connectivity index (χ2n) is 9.09. The molecular weight excluding hydrogens is 520 g/mol. The molecule has 198 valence electrons. The van der Waals surface area contributed by atoms with Crippen LogP contribution >= 0.6 is 0 Å². The van der Waals surface area contributed by atoms with Gasteiger partial charge in [-0.2, -0.15) is 0 Å². The minimum Gasteiger partial charge on any atom is -0.450 e. The fraction of sp³-hybridized carbons (Fsp3) is 0.280. The zero-order valence-electron chi connectivity index (χ0n) is 20.1. The van der Waals surface area contributed by atoms with Gasteiger partial charge in [-0.25, -0.2) is 40.9 Å². The number of aryl methyl sites for hydroxylation is 1. The van der Waals surface area contributed by atoms with Crippen molar-refractivity contribution >= 4 is 33.0 Å². The average molecular weight is 544 g/mol. The van der Waals surface area contributed by atoms with Crippen LogP contribution < -0.4 is 5.32 Å². The Morgan fingerprint density at radius 1 is 1.16 bits per heavy atom. The van der Waals surface area contributed by atoms with E-state index in [1.165, 1.54) is 18.3 Å². The highest BCUT2D eigenvalue weighted by molar-refractivity contribution is 7.90. The molecule has 2 atom stereocenters. The molecule has 0 aliphatic heterocycles. The Balaban J connectivity index is 1.54. The molecule has 1 aromatic carbocycles. The van der Waals surface area contributed by atoms with Crippen molar-refractivity contribution < 1.29 is 31.8 Å². The number of hydrogen-bond acceptors (Lipinski definition) is 8. The van der Waals surface area contributed by atoms with Crippen LogP contribution in [0.2, 0.25) is 0 Å². The van der Waals surface area contributed by atoms with Crippen LogP contribution in [-0.4, -0.2) is 50.7 Å². The molecular formula is C25H23F2N5O5S. The number of nitrogens with one attached hydrogen (secondary N) is 1. The van der Waals surface area contributed by atoms with Gasteiger partial charge in [0.2, 0.25) is 0 Å². The highest BCUT2D eigenvalue weighted by atomic mass is 32.2. The van der Waals surface area contributed by atoms with Crippen molar-refractivity contribution in [1.82, 2.24) is 18.9 Å². The van der Waals surface area contributed by atoms with Gasteiger partial charge in [0.05, 0.1) is 17.3 Å². The number of hydrogen-bond donors (Lipinski definition) is 2. The minimum absolute atomic E-state index is 0.00971. The number of rotatable bonds is 6. The zero-order valence-corrected chi connectivity index (χ0v) is 21.0. The number of aromatic nitrogens is 4. The van der Waals surface area contributed by atoms with E-state index >= 15 is 0 Å². The molecule has 1 saturated carbocycles. The predicted octanol–water partition coefficient (Wildman–Crippen LogP) is 4.73. The molecule has 0 saturated heterocycles. The van der Waals surface area contributed by atoms with Crippen LogP contribution in [0.3, 0.4) is 0 Å². The molecule has 1 aliphatic carbocycles. The van der Waals surface area contributed by atoms with Crippen molar-refractivity contribution in [3.05, 3.63) is 66.1 Å². The first kappa shape index (κ1) is 25.5. The number of nitrogens with zero attached hydrogens (tertiary/aromatic N) is 4. The quantitative estimate of drug-likeness (QED) is 0.331. The molecule has 5 rings (SSSR count). The van der Waals surface area contributed by atoms with E-state index in [2.05, 4.69) is 20.3 Å². The van der Waals surface area contributed by atoms with Gasteiger partial charge in [0.1, 0.15) is 11.9 Å². The van der Waals surface area contributed by atoms with Crippen LogP contribution in [0.15, 0.2) is 53.8 Å². The number of carboxylic acid groups (broad SMARTS) is 1. The Morgan fingerprint density at radius 3 is 2.66 bits per heavy atom. The van der Waals surface area contributed by atoms with Crippen molar-refractivity contribution in [1.29, 1.82) is 0 Å². The molecule has 4 aromatic rings. The van der Waals surface area contributed by atoms with Crippen molar-refractivity contribution in [2.75, 3.05) is 5.32 Å². The van der Waals surface area contributed by atoms with Crippen LogP contribution in [0.5, 0.6) is 0 Å². The number of fused-ring (bicyclic) bond motifs is 1. The van der Waals surface area contributed by atoms with Gasteiger partial charge in [-0.3, -0.25) is 0 Å². The van der Waals surface area contributed by atoms with E-state index in [0.29, 0.717) is 25.7 Å². The third-order valence-corrected chi connectivity index (χ3v) is 8.04. The lowest BCUT2D eigenvalue weighted by molar-refractivity contribution is 0.0337. The molecule has 1 aliphatic rings. The highest BCUT2D eigenvalue weighted by Gasteiger charge is 2.27. The molecule has 0 spiro atoms. The minimum atomic E-state index is -4.11. The second-order valence-corrected chi connectivity index (χ2v) is 10.9. The summed E-state index contributed by atoms with van der Waals surface area (Å²) in [6, 6.07) is 7.04. The van der Waals surface area contributed by atoms with Crippen LogP contribution in [0.4, 0.5) is 19.4 Å². The Bertz CT molecular complexity index is 1630. The third kappa shape index (κ3) is 5.01. The summed E-state index contributed by atoms with van der Waals surface area (Å²) in [5, 5.41) is 12.0. The topological polar surface area (TPSA) is 136 Å². The molecule has 0 amide bonds. The first-order valence-electron chi connectivity index (χ1n) is 11.8. The van der Waals surface area contributed by atoms with Crippen LogP contribution in [0, 0.1) is 18.6 Å². The normalized spacial score (nSPS) is 17.9. The summed E-state index contributed by atoms with van der Waals surface area (Å²) in [4.78, 5) is 23.2. The summed E-state index contributed by atoms with van der Waals surface area (Å²) >= 11 is 0. The molecule has 0 radical (unpaired) electrons. The Hall–Kier alpha value is -4.13. The number of benzene rings is 1. The van der Waals surface area contributed by atoms with E-state index in [-0.39, 0.29) is 39.2 Å². The second kappa shape index (κ2) is 9.97. The number of pyridine rings is 1. The Kier molecular flexibility index (Phi) is 6.69. The molecule has 2 N–H and O–H groups in total. The molecule has 0 bridgehead atoms. The smallest absolute Gasteiger partial charge is 0.450 e. The fourth-order valence-electron chi connectivity index (χ4n) is 4.56. The van der Waals surface area contributed by atoms with E-state index in [9.17, 15) is 22.0 Å². The van der Waals surface area contributed by atoms with Gasteiger partial charge in [0.15, 0.2) is 23.1 Å². The maximum Gasteiger partial charge on any atom is 0.506 e. The fourth-order valence-corrected chi connectivity index (χ4v) is 5.88. The lowest BCUT2D eigenvalue weighted by Gasteiger charge is -2.29. The van der Waals surface area contributed by atoms with E-state index in [0.717, 1.165) is 28.0 Å². The maximum atomic E-state index is 14.7. The first-order chi connectivity index (χ1) is 18.1. The Labute approximate surface area is 216 Å². The molecule has 10 nitrogen and oxygen atoms in total. The van der Waals surface area contributed by atoms with Gasteiger partial charge in [-0.15, -0.1) is 0 Å². The first-order valence-corrected chi connectivity index (χ1v) is 13.2.